The lowest BCUT2D eigenvalue weighted by molar-refractivity contribution is -0.137. The fourth-order valence-electron chi connectivity index (χ4n) is 2.60. The molecule has 1 fully saturated rings. The molecule has 1 aliphatic rings. The minimum Gasteiger partial charge on any atom is -0.481 e. The highest BCUT2D eigenvalue weighted by molar-refractivity contribution is 6.24. The molecule has 0 bridgehead atoms. The predicted molar refractivity (Wildman–Crippen MR) is 61.4 cm³/mol. The summed E-state index contributed by atoms with van der Waals surface area (Å²) in [5.41, 5.74) is 5.62. The van der Waals surface area contributed by atoms with E-state index in [4.69, 9.17) is 10.8 Å². The Labute approximate surface area is 100 Å². The van der Waals surface area contributed by atoms with Crippen LogP contribution >= 0.6 is 0 Å². The lowest BCUT2D eigenvalue weighted by Crippen LogP contribution is -2.50. The van der Waals surface area contributed by atoms with Crippen molar-refractivity contribution in [3.63, 3.8) is 0 Å². The van der Waals surface area contributed by atoms with Gasteiger partial charge < -0.3 is 10.8 Å². The molecule has 0 aromatic heterocycles. The molecule has 0 saturated heterocycles. The number of carboxylic acids is 1. The van der Waals surface area contributed by atoms with E-state index in [1.807, 2.05) is 0 Å². The molecule has 0 aromatic rings. The maximum absolute atomic E-state index is 11.2. The van der Waals surface area contributed by atoms with Crippen LogP contribution in [0.2, 0.25) is 0 Å². The van der Waals surface area contributed by atoms with Crippen LogP contribution in [0, 0.1) is 5.92 Å². The second kappa shape index (κ2) is 5.91. The Kier molecular flexibility index (Phi) is 4.81. The highest BCUT2D eigenvalue weighted by atomic mass is 16.4. The van der Waals surface area contributed by atoms with Gasteiger partial charge in [-0.25, -0.2) is 0 Å². The van der Waals surface area contributed by atoms with Gasteiger partial charge in [-0.05, 0) is 25.2 Å². The Hall–Kier alpha value is -1.23. The minimum absolute atomic E-state index is 0.0162. The molecule has 0 radical (unpaired) electrons. The largest absolute Gasteiger partial charge is 0.481 e. The molecule has 0 heterocycles. The van der Waals surface area contributed by atoms with Gasteiger partial charge in [0.05, 0.1) is 0 Å². The molecule has 96 valence electrons. The van der Waals surface area contributed by atoms with Crippen molar-refractivity contribution in [2.24, 2.45) is 11.7 Å². The Bertz CT molecular complexity index is 316. The van der Waals surface area contributed by atoms with Gasteiger partial charge >= 0.3 is 5.97 Å². The number of hydrogen-bond acceptors (Lipinski definition) is 4. The van der Waals surface area contributed by atoms with Crippen LogP contribution in [0.15, 0.2) is 0 Å². The van der Waals surface area contributed by atoms with Gasteiger partial charge in [0, 0.05) is 18.4 Å². The Morgan fingerprint density at radius 3 is 2.71 bits per heavy atom. The number of aldehydes is 1. The van der Waals surface area contributed by atoms with Crippen molar-refractivity contribution in [2.75, 3.05) is 0 Å². The molecule has 3 N–H and O–H groups in total. The third kappa shape index (κ3) is 3.93. The fraction of sp³-hybridized carbons (Fsp3) is 0.750. The maximum Gasteiger partial charge on any atom is 0.303 e. The molecular formula is C12H19NO4. The number of carbonyl (C=O) groups excluding carboxylic acids is 2. The van der Waals surface area contributed by atoms with Gasteiger partial charge in [-0.2, -0.15) is 0 Å². The van der Waals surface area contributed by atoms with Crippen LogP contribution in [0.5, 0.6) is 0 Å². The summed E-state index contributed by atoms with van der Waals surface area (Å²) < 4.78 is 0. The van der Waals surface area contributed by atoms with Crippen molar-refractivity contribution in [2.45, 2.75) is 50.5 Å². The van der Waals surface area contributed by atoms with Gasteiger partial charge in [-0.1, -0.05) is 12.8 Å². The number of aliphatic carboxylic acids is 1. The molecular weight excluding hydrogens is 222 g/mol. The van der Waals surface area contributed by atoms with Gasteiger partial charge in [-0.15, -0.1) is 0 Å². The quantitative estimate of drug-likeness (QED) is 0.531. The van der Waals surface area contributed by atoms with Gasteiger partial charge in [0.15, 0.2) is 12.1 Å². The van der Waals surface area contributed by atoms with Crippen molar-refractivity contribution in [3.05, 3.63) is 0 Å². The Morgan fingerprint density at radius 1 is 1.41 bits per heavy atom. The van der Waals surface area contributed by atoms with E-state index in [1.165, 1.54) is 0 Å². The fourth-order valence-corrected chi connectivity index (χ4v) is 2.60. The zero-order valence-electron chi connectivity index (χ0n) is 9.85. The second-order valence-corrected chi connectivity index (χ2v) is 4.86. The summed E-state index contributed by atoms with van der Waals surface area (Å²) in [7, 11) is 0. The molecule has 0 aromatic carbocycles. The third-order valence-corrected chi connectivity index (χ3v) is 3.64. The van der Waals surface area contributed by atoms with E-state index in [1.54, 1.807) is 0 Å². The van der Waals surface area contributed by atoms with E-state index in [-0.39, 0.29) is 18.8 Å². The van der Waals surface area contributed by atoms with Crippen LogP contribution in [-0.2, 0) is 14.4 Å². The first kappa shape index (κ1) is 13.8. The van der Waals surface area contributed by atoms with Crippen molar-refractivity contribution >= 4 is 18.0 Å². The summed E-state index contributed by atoms with van der Waals surface area (Å²) in [5, 5.41) is 8.69. The lowest BCUT2D eigenvalue weighted by Gasteiger charge is -2.41. The highest BCUT2D eigenvalue weighted by Gasteiger charge is 2.38. The average Bonchev–Trinajstić information content (AvgIpc) is 2.30. The van der Waals surface area contributed by atoms with Crippen molar-refractivity contribution < 1.29 is 19.5 Å². The van der Waals surface area contributed by atoms with Gasteiger partial charge in [0.1, 0.15) is 0 Å². The van der Waals surface area contributed by atoms with Crippen molar-refractivity contribution in [1.82, 2.24) is 0 Å². The number of carboxylic acid groups (broad SMARTS) is 1. The normalized spacial score (nSPS) is 28.6. The van der Waals surface area contributed by atoms with Crippen LogP contribution in [0.25, 0.3) is 0 Å². The van der Waals surface area contributed by atoms with Gasteiger partial charge in [0.25, 0.3) is 0 Å². The summed E-state index contributed by atoms with van der Waals surface area (Å²) >= 11 is 0. The summed E-state index contributed by atoms with van der Waals surface area (Å²) in [4.78, 5) is 32.1. The Balaban J connectivity index is 2.65. The molecule has 1 saturated carbocycles. The average molecular weight is 241 g/mol. The van der Waals surface area contributed by atoms with Crippen molar-refractivity contribution in [1.29, 1.82) is 0 Å². The molecule has 0 aliphatic heterocycles. The molecule has 17 heavy (non-hydrogen) atoms. The molecule has 0 spiro atoms. The number of nitrogens with two attached hydrogens (primary N) is 1. The molecule has 2 unspecified atom stereocenters. The highest BCUT2D eigenvalue weighted by Crippen LogP contribution is 2.37. The summed E-state index contributed by atoms with van der Waals surface area (Å²) in [6.07, 6.45) is 4.35. The second-order valence-electron chi connectivity index (χ2n) is 4.86. The summed E-state index contributed by atoms with van der Waals surface area (Å²) in [6, 6.07) is 0. The molecule has 0 amide bonds. The van der Waals surface area contributed by atoms with E-state index in [0.29, 0.717) is 12.7 Å². The topological polar surface area (TPSA) is 97.5 Å². The lowest BCUT2D eigenvalue weighted by atomic mass is 9.69. The first-order valence-electron chi connectivity index (χ1n) is 5.96. The number of ketones is 1. The zero-order chi connectivity index (χ0) is 12.9. The number of Topliss-reactive ketones (excluding diaryl/α,β-unsaturated/α-hetero) is 1. The zero-order valence-corrected chi connectivity index (χ0v) is 9.85. The number of hydrogen-bond donors (Lipinski definition) is 2. The number of rotatable bonds is 6. The van der Waals surface area contributed by atoms with Crippen LogP contribution < -0.4 is 5.73 Å². The molecule has 5 nitrogen and oxygen atoms in total. The van der Waals surface area contributed by atoms with E-state index < -0.39 is 17.3 Å². The van der Waals surface area contributed by atoms with Crippen LogP contribution in [-0.4, -0.2) is 28.7 Å². The van der Waals surface area contributed by atoms with Crippen LogP contribution in [0.4, 0.5) is 0 Å². The Morgan fingerprint density at radius 2 is 2.12 bits per heavy atom. The van der Waals surface area contributed by atoms with E-state index in [9.17, 15) is 14.4 Å². The summed E-state index contributed by atoms with van der Waals surface area (Å²) in [5.74, 6) is -1.38. The van der Waals surface area contributed by atoms with Crippen LogP contribution in [0.3, 0.4) is 0 Å². The van der Waals surface area contributed by atoms with Crippen molar-refractivity contribution in [3.8, 4) is 0 Å². The molecule has 5 heteroatoms. The van der Waals surface area contributed by atoms with Gasteiger partial charge in [0.2, 0.25) is 0 Å². The molecule has 1 rings (SSSR count). The predicted octanol–water partition coefficient (Wildman–Crippen LogP) is 0.897. The molecule has 2 atom stereocenters. The van der Waals surface area contributed by atoms with Gasteiger partial charge in [-0.3, -0.25) is 14.4 Å². The monoisotopic (exact) mass is 241 g/mol. The van der Waals surface area contributed by atoms with E-state index in [0.717, 1.165) is 25.7 Å². The SMILES string of the molecule is NC1(CCC(=O)O)CCCCC1CC(=O)C=O. The summed E-state index contributed by atoms with van der Waals surface area (Å²) in [6.45, 7) is 0. The first-order chi connectivity index (χ1) is 7.98. The van der Waals surface area contributed by atoms with E-state index >= 15 is 0 Å². The van der Waals surface area contributed by atoms with E-state index in [2.05, 4.69) is 0 Å². The smallest absolute Gasteiger partial charge is 0.303 e. The van der Waals surface area contributed by atoms with Crippen LogP contribution in [0.1, 0.15) is 44.9 Å². The first-order valence-corrected chi connectivity index (χ1v) is 5.96. The standard InChI is InChI=1S/C12H19NO4/c13-12(6-4-11(16)17)5-2-1-3-9(12)7-10(15)8-14/h8-9H,1-7,13H2,(H,16,17). The third-order valence-electron chi connectivity index (χ3n) is 3.64. The minimum atomic E-state index is -0.874. The number of carbonyl (C=O) groups is 3. The molecule has 1 aliphatic carbocycles. The maximum atomic E-state index is 11.2.